The molecule has 0 saturated heterocycles. The minimum absolute atomic E-state index is 0.0244. The average Bonchev–Trinajstić information content (AvgIpc) is 3.01. The van der Waals surface area contributed by atoms with Gasteiger partial charge in [0, 0.05) is 24.1 Å². The molecule has 0 bridgehead atoms. The highest BCUT2D eigenvalue weighted by Crippen LogP contribution is 2.39. The first kappa shape index (κ1) is 21.8. The summed E-state index contributed by atoms with van der Waals surface area (Å²) in [6, 6.07) is 14.9. The van der Waals surface area contributed by atoms with E-state index in [-0.39, 0.29) is 23.1 Å². The Morgan fingerprint density at radius 2 is 1.78 bits per heavy atom. The second-order valence-electron chi connectivity index (χ2n) is 9.63. The first-order chi connectivity index (χ1) is 15.1. The Morgan fingerprint density at radius 1 is 1.09 bits per heavy atom. The second kappa shape index (κ2) is 7.93. The molecule has 2 N–H and O–H groups in total. The van der Waals surface area contributed by atoms with Crippen molar-refractivity contribution in [1.82, 2.24) is 15.1 Å². The summed E-state index contributed by atoms with van der Waals surface area (Å²) in [4.78, 5) is 26.3. The summed E-state index contributed by atoms with van der Waals surface area (Å²) in [5.41, 5.74) is 5.51. The van der Waals surface area contributed by atoms with Gasteiger partial charge in [0.1, 0.15) is 11.9 Å². The molecule has 2 atom stereocenters. The van der Waals surface area contributed by atoms with Crippen molar-refractivity contribution in [2.45, 2.75) is 52.0 Å². The van der Waals surface area contributed by atoms with E-state index in [0.717, 1.165) is 22.4 Å². The number of carbonyl (C=O) groups is 2. The molecule has 1 aromatic heterocycles. The quantitative estimate of drug-likeness (QED) is 0.653. The Kier molecular flexibility index (Phi) is 5.41. The molecule has 0 unspecified atom stereocenters. The Bertz CT molecular complexity index is 1190. The Labute approximate surface area is 189 Å². The summed E-state index contributed by atoms with van der Waals surface area (Å²) in [7, 11) is 1.82. The number of nitrogens with zero attached hydrogens (tertiary/aromatic N) is 2. The van der Waals surface area contributed by atoms with E-state index in [2.05, 4.69) is 60.8 Å². The van der Waals surface area contributed by atoms with Gasteiger partial charge in [-0.15, -0.1) is 0 Å². The molecule has 2 aromatic carbocycles. The third-order valence-electron chi connectivity index (χ3n) is 6.14. The van der Waals surface area contributed by atoms with Gasteiger partial charge in [-0.25, -0.2) is 0 Å². The standard InChI is InChI=1S/C26H30N4O2/c1-15-8-7-9-18(14-15)24(31)27-22-21(17-10-12-19(13-11-17)26(3,4)5)20-16(2)29-30(6)23(20)28-25(22)32/h7-14,21-22H,1-6H3,(H,27,31)(H,28,32)/t21-,22+/m0/s1. The minimum atomic E-state index is -0.751. The average molecular weight is 431 g/mol. The van der Waals surface area contributed by atoms with Crippen molar-refractivity contribution in [3.05, 3.63) is 82.0 Å². The zero-order chi connectivity index (χ0) is 23.2. The van der Waals surface area contributed by atoms with Gasteiger partial charge < -0.3 is 10.6 Å². The van der Waals surface area contributed by atoms with E-state index in [9.17, 15) is 9.59 Å². The van der Waals surface area contributed by atoms with E-state index in [1.54, 1.807) is 10.7 Å². The van der Waals surface area contributed by atoms with Gasteiger partial charge in [-0.2, -0.15) is 5.10 Å². The van der Waals surface area contributed by atoms with Crippen molar-refractivity contribution in [3.8, 4) is 0 Å². The molecule has 4 rings (SSSR count). The van der Waals surface area contributed by atoms with Crippen LogP contribution in [0.2, 0.25) is 0 Å². The summed E-state index contributed by atoms with van der Waals surface area (Å²) < 4.78 is 1.69. The fourth-order valence-electron chi connectivity index (χ4n) is 4.42. The van der Waals surface area contributed by atoms with Crippen LogP contribution in [-0.4, -0.2) is 27.6 Å². The van der Waals surface area contributed by atoms with Gasteiger partial charge in [0.15, 0.2) is 0 Å². The molecule has 0 fully saturated rings. The number of nitrogens with one attached hydrogen (secondary N) is 2. The van der Waals surface area contributed by atoms with E-state index in [0.29, 0.717) is 11.4 Å². The predicted molar refractivity (Wildman–Crippen MR) is 126 cm³/mol. The highest BCUT2D eigenvalue weighted by Gasteiger charge is 2.41. The predicted octanol–water partition coefficient (Wildman–Crippen LogP) is 4.22. The van der Waals surface area contributed by atoms with Crippen LogP contribution in [-0.2, 0) is 17.3 Å². The van der Waals surface area contributed by atoms with Crippen molar-refractivity contribution >= 4 is 17.6 Å². The fraction of sp³-hybridized carbons (Fsp3) is 0.346. The van der Waals surface area contributed by atoms with Crippen LogP contribution in [0.3, 0.4) is 0 Å². The number of aryl methyl sites for hydroxylation is 3. The Balaban J connectivity index is 1.78. The monoisotopic (exact) mass is 430 g/mol. The Hall–Kier alpha value is -3.41. The molecule has 1 aliphatic rings. The lowest BCUT2D eigenvalue weighted by Gasteiger charge is -2.33. The van der Waals surface area contributed by atoms with Crippen LogP contribution in [0.1, 0.15) is 65.0 Å². The number of hydrogen-bond donors (Lipinski definition) is 2. The first-order valence-electron chi connectivity index (χ1n) is 10.9. The third-order valence-corrected chi connectivity index (χ3v) is 6.14. The lowest BCUT2D eigenvalue weighted by atomic mass is 9.80. The van der Waals surface area contributed by atoms with Gasteiger partial charge in [0.05, 0.1) is 5.69 Å². The molecule has 0 radical (unpaired) electrons. The smallest absolute Gasteiger partial charge is 0.251 e. The highest BCUT2D eigenvalue weighted by molar-refractivity contribution is 6.04. The van der Waals surface area contributed by atoms with E-state index < -0.39 is 6.04 Å². The van der Waals surface area contributed by atoms with E-state index in [1.807, 2.05) is 39.1 Å². The van der Waals surface area contributed by atoms with Gasteiger partial charge in [-0.3, -0.25) is 14.3 Å². The zero-order valence-corrected chi connectivity index (χ0v) is 19.5. The SMILES string of the molecule is Cc1cccc(C(=O)N[C@H]2C(=O)Nc3c(c(C)nn3C)[C@@H]2c2ccc(C(C)(C)C)cc2)c1. The summed E-state index contributed by atoms with van der Waals surface area (Å²) in [5, 5.41) is 10.5. The van der Waals surface area contributed by atoms with Crippen LogP contribution >= 0.6 is 0 Å². The summed E-state index contributed by atoms with van der Waals surface area (Å²) in [6.07, 6.45) is 0. The fourth-order valence-corrected chi connectivity index (χ4v) is 4.42. The van der Waals surface area contributed by atoms with Crippen molar-refractivity contribution in [2.75, 3.05) is 5.32 Å². The van der Waals surface area contributed by atoms with E-state index in [4.69, 9.17) is 0 Å². The maximum Gasteiger partial charge on any atom is 0.251 e. The van der Waals surface area contributed by atoms with Crippen LogP contribution < -0.4 is 10.6 Å². The number of aromatic nitrogens is 2. The maximum absolute atomic E-state index is 13.2. The van der Waals surface area contributed by atoms with Gasteiger partial charge in [-0.1, -0.05) is 62.7 Å². The number of carbonyl (C=O) groups excluding carboxylic acids is 2. The van der Waals surface area contributed by atoms with Crippen LogP contribution in [0.4, 0.5) is 5.82 Å². The maximum atomic E-state index is 13.2. The van der Waals surface area contributed by atoms with Crippen LogP contribution in [0.15, 0.2) is 48.5 Å². The highest BCUT2D eigenvalue weighted by atomic mass is 16.2. The number of benzene rings is 2. The molecular weight excluding hydrogens is 400 g/mol. The molecule has 32 heavy (non-hydrogen) atoms. The largest absolute Gasteiger partial charge is 0.339 e. The molecule has 0 aliphatic carbocycles. The molecule has 0 saturated carbocycles. The van der Waals surface area contributed by atoms with Crippen molar-refractivity contribution in [1.29, 1.82) is 0 Å². The van der Waals surface area contributed by atoms with Gasteiger partial charge in [-0.05, 0) is 42.5 Å². The lowest BCUT2D eigenvalue weighted by Crippen LogP contribution is -2.50. The molecule has 1 aliphatic heterocycles. The summed E-state index contributed by atoms with van der Waals surface area (Å²) >= 11 is 0. The molecule has 2 amide bonds. The van der Waals surface area contributed by atoms with Crippen molar-refractivity contribution in [3.63, 3.8) is 0 Å². The van der Waals surface area contributed by atoms with Crippen LogP contribution in [0.25, 0.3) is 0 Å². The molecule has 6 nitrogen and oxygen atoms in total. The topological polar surface area (TPSA) is 76.0 Å². The van der Waals surface area contributed by atoms with Crippen LogP contribution in [0, 0.1) is 13.8 Å². The summed E-state index contributed by atoms with van der Waals surface area (Å²) in [5.74, 6) is -0.171. The molecule has 0 spiro atoms. The molecule has 3 aromatic rings. The van der Waals surface area contributed by atoms with Gasteiger partial charge >= 0.3 is 0 Å². The Morgan fingerprint density at radius 3 is 2.41 bits per heavy atom. The number of hydrogen-bond acceptors (Lipinski definition) is 3. The molecule has 2 heterocycles. The number of rotatable bonds is 3. The molecular formula is C26H30N4O2. The third kappa shape index (κ3) is 3.93. The molecule has 166 valence electrons. The van der Waals surface area contributed by atoms with Crippen molar-refractivity contribution < 1.29 is 9.59 Å². The van der Waals surface area contributed by atoms with E-state index >= 15 is 0 Å². The first-order valence-corrected chi connectivity index (χ1v) is 10.9. The number of amides is 2. The lowest BCUT2D eigenvalue weighted by molar-refractivity contribution is -0.118. The molecule has 6 heteroatoms. The van der Waals surface area contributed by atoms with Gasteiger partial charge in [0.2, 0.25) is 5.91 Å². The zero-order valence-electron chi connectivity index (χ0n) is 19.5. The van der Waals surface area contributed by atoms with Gasteiger partial charge in [0.25, 0.3) is 5.91 Å². The minimum Gasteiger partial charge on any atom is -0.339 e. The van der Waals surface area contributed by atoms with E-state index in [1.165, 1.54) is 5.56 Å². The van der Waals surface area contributed by atoms with Crippen molar-refractivity contribution in [2.24, 2.45) is 7.05 Å². The normalized spacial score (nSPS) is 18.1. The van der Waals surface area contributed by atoms with Crippen LogP contribution in [0.5, 0.6) is 0 Å². The number of fused-ring (bicyclic) bond motifs is 1. The number of anilines is 1. The summed E-state index contributed by atoms with van der Waals surface area (Å²) in [6.45, 7) is 10.4. The second-order valence-corrected chi connectivity index (χ2v) is 9.63.